The lowest BCUT2D eigenvalue weighted by atomic mass is 10.00. The van der Waals surface area contributed by atoms with E-state index in [4.69, 9.17) is 11.0 Å². The van der Waals surface area contributed by atoms with Crippen LogP contribution in [0.2, 0.25) is 0 Å². The molecule has 0 unspecified atom stereocenters. The fourth-order valence-electron chi connectivity index (χ4n) is 1.61. The van der Waals surface area contributed by atoms with Crippen molar-refractivity contribution in [1.82, 2.24) is 4.98 Å². The Hall–Kier alpha value is -2.34. The highest BCUT2D eigenvalue weighted by molar-refractivity contribution is 5.72. The van der Waals surface area contributed by atoms with Gasteiger partial charge in [0.15, 0.2) is 0 Å². The molecule has 2 aromatic rings. The highest BCUT2D eigenvalue weighted by Crippen LogP contribution is 2.26. The van der Waals surface area contributed by atoms with Crippen LogP contribution in [-0.4, -0.2) is 4.98 Å². The van der Waals surface area contributed by atoms with Crippen molar-refractivity contribution in [2.45, 2.75) is 6.92 Å². The first-order chi connectivity index (χ1) is 7.72. The molecule has 0 atom stereocenters. The molecule has 2 rings (SSSR count). The second-order valence-corrected chi connectivity index (χ2v) is 3.59. The quantitative estimate of drug-likeness (QED) is 0.734. The molecule has 0 aliphatic heterocycles. The van der Waals surface area contributed by atoms with E-state index < -0.39 is 0 Å². The second kappa shape index (κ2) is 4.03. The van der Waals surface area contributed by atoms with E-state index in [9.17, 15) is 0 Å². The molecule has 0 amide bonds. The molecule has 16 heavy (non-hydrogen) atoms. The fraction of sp³-hybridized carbons (Fsp3) is 0.0769. The molecule has 0 aliphatic rings. The summed E-state index contributed by atoms with van der Waals surface area (Å²) in [6, 6.07) is 9.63. The molecule has 0 fully saturated rings. The van der Waals surface area contributed by atoms with E-state index >= 15 is 0 Å². The monoisotopic (exact) mass is 209 g/mol. The van der Waals surface area contributed by atoms with Crippen molar-refractivity contribution in [3.8, 4) is 17.2 Å². The van der Waals surface area contributed by atoms with Crippen LogP contribution < -0.4 is 5.73 Å². The SMILES string of the molecule is Cc1c(N)cccc1-c1cncc(C#N)c1. The summed E-state index contributed by atoms with van der Waals surface area (Å²) in [5, 5.41) is 8.82. The van der Waals surface area contributed by atoms with E-state index in [2.05, 4.69) is 11.1 Å². The zero-order chi connectivity index (χ0) is 11.5. The Bertz CT molecular complexity index is 568. The van der Waals surface area contributed by atoms with Gasteiger partial charge in [0.2, 0.25) is 0 Å². The van der Waals surface area contributed by atoms with Gasteiger partial charge in [-0.1, -0.05) is 12.1 Å². The van der Waals surface area contributed by atoms with Gasteiger partial charge >= 0.3 is 0 Å². The van der Waals surface area contributed by atoms with Gasteiger partial charge < -0.3 is 5.73 Å². The molecule has 3 heteroatoms. The number of hydrogen-bond donors (Lipinski definition) is 1. The Balaban J connectivity index is 2.59. The summed E-state index contributed by atoms with van der Waals surface area (Å²) in [4.78, 5) is 4.04. The summed E-state index contributed by atoms with van der Waals surface area (Å²) < 4.78 is 0. The topological polar surface area (TPSA) is 62.7 Å². The van der Waals surface area contributed by atoms with E-state index in [1.165, 1.54) is 0 Å². The van der Waals surface area contributed by atoms with Crippen LogP contribution in [0.1, 0.15) is 11.1 Å². The van der Waals surface area contributed by atoms with Gasteiger partial charge in [-0.25, -0.2) is 0 Å². The fourth-order valence-corrected chi connectivity index (χ4v) is 1.61. The Kier molecular flexibility index (Phi) is 2.57. The number of hydrogen-bond acceptors (Lipinski definition) is 3. The van der Waals surface area contributed by atoms with E-state index in [1.807, 2.05) is 31.2 Å². The summed E-state index contributed by atoms with van der Waals surface area (Å²) in [5.74, 6) is 0. The number of rotatable bonds is 1. The molecule has 0 saturated heterocycles. The van der Waals surface area contributed by atoms with Crippen LogP contribution >= 0.6 is 0 Å². The summed E-state index contributed by atoms with van der Waals surface area (Å²) in [6.45, 7) is 1.96. The normalized spacial score (nSPS) is 9.75. The summed E-state index contributed by atoms with van der Waals surface area (Å²) in [6.07, 6.45) is 3.29. The number of nitriles is 1. The van der Waals surface area contributed by atoms with Gasteiger partial charge in [0.25, 0.3) is 0 Å². The predicted octanol–water partition coefficient (Wildman–Crippen LogP) is 2.51. The molecule has 0 bridgehead atoms. The maximum absolute atomic E-state index is 8.82. The molecule has 1 heterocycles. The first kappa shape index (κ1) is 10.2. The number of nitrogen functional groups attached to an aromatic ring is 1. The van der Waals surface area contributed by atoms with Gasteiger partial charge in [-0.15, -0.1) is 0 Å². The highest BCUT2D eigenvalue weighted by atomic mass is 14.6. The Labute approximate surface area is 94.2 Å². The van der Waals surface area contributed by atoms with Gasteiger partial charge in [0.05, 0.1) is 5.56 Å². The number of benzene rings is 1. The third kappa shape index (κ3) is 1.73. The molecular formula is C13H11N3. The number of pyridine rings is 1. The third-order valence-corrected chi connectivity index (χ3v) is 2.55. The van der Waals surface area contributed by atoms with Crippen LogP contribution in [0, 0.1) is 18.3 Å². The van der Waals surface area contributed by atoms with Crippen molar-refractivity contribution in [2.75, 3.05) is 5.73 Å². The average Bonchev–Trinajstić information content (AvgIpc) is 2.33. The summed E-state index contributed by atoms with van der Waals surface area (Å²) >= 11 is 0. The van der Waals surface area contributed by atoms with Crippen LogP contribution in [-0.2, 0) is 0 Å². The summed E-state index contributed by atoms with van der Waals surface area (Å²) in [7, 11) is 0. The second-order valence-electron chi connectivity index (χ2n) is 3.59. The zero-order valence-corrected chi connectivity index (χ0v) is 8.94. The number of aromatic nitrogens is 1. The maximum atomic E-state index is 8.82. The molecule has 1 aromatic carbocycles. The first-order valence-corrected chi connectivity index (χ1v) is 4.93. The van der Waals surface area contributed by atoms with Gasteiger partial charge in [0.1, 0.15) is 6.07 Å². The van der Waals surface area contributed by atoms with Crippen molar-refractivity contribution in [1.29, 1.82) is 5.26 Å². The molecular weight excluding hydrogens is 198 g/mol. The molecule has 0 spiro atoms. The third-order valence-electron chi connectivity index (χ3n) is 2.55. The first-order valence-electron chi connectivity index (χ1n) is 4.93. The van der Waals surface area contributed by atoms with Crippen molar-refractivity contribution in [3.05, 3.63) is 47.8 Å². The van der Waals surface area contributed by atoms with Crippen LogP contribution in [0.15, 0.2) is 36.7 Å². The zero-order valence-electron chi connectivity index (χ0n) is 8.94. The highest BCUT2D eigenvalue weighted by Gasteiger charge is 2.05. The number of nitrogens with two attached hydrogens (primary N) is 1. The lowest BCUT2D eigenvalue weighted by Crippen LogP contribution is -1.92. The standard InChI is InChI=1S/C13H11N3/c1-9-12(3-2-4-13(9)15)11-5-10(6-14)7-16-8-11/h2-5,7-8H,15H2,1H3. The maximum Gasteiger partial charge on any atom is 0.101 e. The van der Waals surface area contributed by atoms with E-state index in [-0.39, 0.29) is 0 Å². The van der Waals surface area contributed by atoms with Crippen molar-refractivity contribution >= 4 is 5.69 Å². The van der Waals surface area contributed by atoms with Crippen LogP contribution in [0.3, 0.4) is 0 Å². The van der Waals surface area contributed by atoms with Crippen LogP contribution in [0.4, 0.5) is 5.69 Å². The Morgan fingerprint density at radius 1 is 1.31 bits per heavy atom. The predicted molar refractivity (Wildman–Crippen MR) is 63.5 cm³/mol. The minimum atomic E-state index is 0.555. The molecule has 0 saturated carbocycles. The molecule has 2 N–H and O–H groups in total. The lowest BCUT2D eigenvalue weighted by molar-refractivity contribution is 1.30. The van der Waals surface area contributed by atoms with Crippen LogP contribution in [0.5, 0.6) is 0 Å². The largest absolute Gasteiger partial charge is 0.398 e. The van der Waals surface area contributed by atoms with Crippen molar-refractivity contribution in [3.63, 3.8) is 0 Å². The number of anilines is 1. The lowest BCUT2D eigenvalue weighted by Gasteiger charge is -2.07. The summed E-state index contributed by atoms with van der Waals surface area (Å²) in [5.41, 5.74) is 10.1. The average molecular weight is 209 g/mol. The minimum absolute atomic E-state index is 0.555. The number of nitrogens with zero attached hydrogens (tertiary/aromatic N) is 2. The molecule has 0 radical (unpaired) electrons. The van der Waals surface area contributed by atoms with Crippen molar-refractivity contribution in [2.24, 2.45) is 0 Å². The molecule has 1 aromatic heterocycles. The van der Waals surface area contributed by atoms with E-state index in [0.717, 1.165) is 22.4 Å². The molecule has 0 aliphatic carbocycles. The Morgan fingerprint density at radius 3 is 2.88 bits per heavy atom. The van der Waals surface area contributed by atoms with E-state index in [0.29, 0.717) is 5.56 Å². The van der Waals surface area contributed by atoms with Gasteiger partial charge in [0, 0.05) is 23.6 Å². The smallest absolute Gasteiger partial charge is 0.101 e. The van der Waals surface area contributed by atoms with Gasteiger partial charge in [-0.2, -0.15) is 5.26 Å². The van der Waals surface area contributed by atoms with E-state index in [1.54, 1.807) is 12.4 Å². The van der Waals surface area contributed by atoms with Crippen LogP contribution in [0.25, 0.3) is 11.1 Å². The Morgan fingerprint density at radius 2 is 2.12 bits per heavy atom. The molecule has 3 nitrogen and oxygen atoms in total. The molecule has 78 valence electrons. The van der Waals surface area contributed by atoms with Gasteiger partial charge in [-0.3, -0.25) is 4.98 Å². The van der Waals surface area contributed by atoms with Crippen molar-refractivity contribution < 1.29 is 0 Å². The van der Waals surface area contributed by atoms with Gasteiger partial charge in [-0.05, 0) is 30.2 Å². The minimum Gasteiger partial charge on any atom is -0.398 e.